The van der Waals surface area contributed by atoms with Gasteiger partial charge in [0.2, 0.25) is 0 Å². The van der Waals surface area contributed by atoms with Crippen molar-refractivity contribution < 1.29 is 23.7 Å². The molecule has 0 saturated carbocycles. The molecule has 1 aromatic heterocycles. The molecule has 0 unspecified atom stereocenters. The highest BCUT2D eigenvalue weighted by atomic mass is 32.1. The SMILES string of the molecule is COC(=O)C1=C(C)N=c2s/c(=C\c3ccccc3OC)c(=O)n2[C@H]1c1ccc(OC)c(OC)c1. The molecule has 0 bridgehead atoms. The fourth-order valence-electron chi connectivity index (χ4n) is 3.96. The molecule has 1 atom stereocenters. The number of esters is 1. The largest absolute Gasteiger partial charge is 0.496 e. The van der Waals surface area contributed by atoms with Crippen LogP contribution < -0.4 is 29.1 Å². The van der Waals surface area contributed by atoms with E-state index >= 15 is 0 Å². The third-order valence-corrected chi connectivity index (χ3v) is 6.56. The van der Waals surface area contributed by atoms with E-state index in [1.807, 2.05) is 24.3 Å². The summed E-state index contributed by atoms with van der Waals surface area (Å²) < 4.78 is 23.3. The molecule has 176 valence electrons. The van der Waals surface area contributed by atoms with Gasteiger partial charge in [-0.25, -0.2) is 9.79 Å². The number of hydrogen-bond acceptors (Lipinski definition) is 8. The Kier molecular flexibility index (Phi) is 6.56. The molecule has 1 aliphatic rings. The lowest BCUT2D eigenvalue weighted by Gasteiger charge is -2.25. The monoisotopic (exact) mass is 480 g/mol. The van der Waals surface area contributed by atoms with Crippen LogP contribution in [0.3, 0.4) is 0 Å². The van der Waals surface area contributed by atoms with Gasteiger partial charge in [-0.15, -0.1) is 0 Å². The summed E-state index contributed by atoms with van der Waals surface area (Å²) in [5.41, 5.74) is 1.92. The third-order valence-electron chi connectivity index (χ3n) is 5.58. The average Bonchev–Trinajstić information content (AvgIpc) is 3.16. The number of nitrogens with zero attached hydrogens (tertiary/aromatic N) is 2. The lowest BCUT2D eigenvalue weighted by molar-refractivity contribution is -0.136. The summed E-state index contributed by atoms with van der Waals surface area (Å²) in [6, 6.07) is 12.0. The summed E-state index contributed by atoms with van der Waals surface area (Å²) in [6.07, 6.45) is 1.77. The summed E-state index contributed by atoms with van der Waals surface area (Å²) in [6.45, 7) is 1.73. The van der Waals surface area contributed by atoms with Crippen molar-refractivity contribution in [3.8, 4) is 17.2 Å². The van der Waals surface area contributed by atoms with E-state index in [1.165, 1.54) is 30.1 Å². The smallest absolute Gasteiger partial charge is 0.338 e. The molecule has 8 nitrogen and oxygen atoms in total. The first-order chi connectivity index (χ1) is 16.4. The highest BCUT2D eigenvalue weighted by Gasteiger charge is 2.33. The molecule has 2 heterocycles. The standard InChI is InChI=1S/C25H24N2O6S/c1-14-21(24(29)33-5)22(16-10-11-18(31-3)19(12-16)32-4)27-23(28)20(34-25(27)26-14)13-15-8-6-7-9-17(15)30-2/h6-13,22H,1-5H3/b20-13-/t22-/m0/s1. The molecule has 0 fully saturated rings. The number of ether oxygens (including phenoxy) is 4. The van der Waals surface area contributed by atoms with E-state index in [9.17, 15) is 9.59 Å². The van der Waals surface area contributed by atoms with Gasteiger partial charge in [0.25, 0.3) is 5.56 Å². The van der Waals surface area contributed by atoms with Crippen LogP contribution in [0.2, 0.25) is 0 Å². The molecule has 0 N–H and O–H groups in total. The number of methoxy groups -OCH3 is 4. The van der Waals surface area contributed by atoms with Crippen LogP contribution in [0.25, 0.3) is 6.08 Å². The Labute approximate surface area is 200 Å². The first kappa shape index (κ1) is 23.3. The Balaban J connectivity index is 1.99. The van der Waals surface area contributed by atoms with E-state index in [-0.39, 0.29) is 11.1 Å². The second kappa shape index (κ2) is 9.56. The molecule has 1 aliphatic heterocycles. The Morgan fingerprint density at radius 1 is 1.00 bits per heavy atom. The lowest BCUT2D eigenvalue weighted by Crippen LogP contribution is -2.39. The van der Waals surface area contributed by atoms with Crippen molar-refractivity contribution in [2.45, 2.75) is 13.0 Å². The maximum absolute atomic E-state index is 13.7. The number of aromatic nitrogens is 1. The quantitative estimate of drug-likeness (QED) is 0.504. The van der Waals surface area contributed by atoms with Crippen LogP contribution >= 0.6 is 11.3 Å². The molecular formula is C25H24N2O6S. The molecule has 9 heteroatoms. The van der Waals surface area contributed by atoms with Crippen molar-refractivity contribution in [1.29, 1.82) is 0 Å². The van der Waals surface area contributed by atoms with Crippen LogP contribution in [0.5, 0.6) is 17.2 Å². The highest BCUT2D eigenvalue weighted by molar-refractivity contribution is 7.07. The summed E-state index contributed by atoms with van der Waals surface area (Å²) in [4.78, 5) is 31.5. The maximum Gasteiger partial charge on any atom is 0.338 e. The molecule has 0 amide bonds. The number of carbonyl (C=O) groups is 1. The van der Waals surface area contributed by atoms with Gasteiger partial charge in [-0.1, -0.05) is 35.6 Å². The minimum atomic E-state index is -0.747. The number of para-hydroxylation sites is 1. The number of rotatable bonds is 6. The van der Waals surface area contributed by atoms with Crippen LogP contribution in [-0.4, -0.2) is 39.0 Å². The number of fused-ring (bicyclic) bond motifs is 1. The van der Waals surface area contributed by atoms with Crippen LogP contribution in [0.4, 0.5) is 0 Å². The zero-order valence-electron chi connectivity index (χ0n) is 19.4. The predicted molar refractivity (Wildman–Crippen MR) is 128 cm³/mol. The van der Waals surface area contributed by atoms with Crippen molar-refractivity contribution in [2.24, 2.45) is 4.99 Å². The van der Waals surface area contributed by atoms with Gasteiger partial charge < -0.3 is 18.9 Å². The van der Waals surface area contributed by atoms with Crippen LogP contribution in [0, 0.1) is 0 Å². The van der Waals surface area contributed by atoms with Gasteiger partial charge in [0, 0.05) is 5.56 Å². The second-order valence-electron chi connectivity index (χ2n) is 7.43. The van der Waals surface area contributed by atoms with Gasteiger partial charge >= 0.3 is 5.97 Å². The van der Waals surface area contributed by atoms with E-state index in [2.05, 4.69) is 4.99 Å². The van der Waals surface area contributed by atoms with E-state index in [4.69, 9.17) is 18.9 Å². The predicted octanol–water partition coefficient (Wildman–Crippen LogP) is 2.43. The van der Waals surface area contributed by atoms with Crippen molar-refractivity contribution >= 4 is 23.4 Å². The first-order valence-electron chi connectivity index (χ1n) is 10.4. The lowest BCUT2D eigenvalue weighted by atomic mass is 9.95. The van der Waals surface area contributed by atoms with Crippen LogP contribution in [0.15, 0.2) is 63.5 Å². The molecule has 0 saturated heterocycles. The molecule has 4 rings (SSSR count). The zero-order chi connectivity index (χ0) is 24.4. The van der Waals surface area contributed by atoms with Gasteiger partial charge in [0.1, 0.15) is 5.75 Å². The molecule has 0 radical (unpaired) electrons. The Morgan fingerprint density at radius 3 is 2.38 bits per heavy atom. The summed E-state index contributed by atoms with van der Waals surface area (Å²) in [7, 11) is 5.96. The average molecular weight is 481 g/mol. The summed E-state index contributed by atoms with van der Waals surface area (Å²) in [5.74, 6) is 1.11. The van der Waals surface area contributed by atoms with Crippen LogP contribution in [0.1, 0.15) is 24.1 Å². The normalized spacial score (nSPS) is 15.4. The molecule has 34 heavy (non-hydrogen) atoms. The minimum Gasteiger partial charge on any atom is -0.496 e. The number of benzene rings is 2. The Hall–Kier alpha value is -3.85. The zero-order valence-corrected chi connectivity index (χ0v) is 20.3. The number of carbonyl (C=O) groups excluding carboxylic acids is 1. The van der Waals surface area contributed by atoms with Gasteiger partial charge in [0.05, 0.1) is 50.3 Å². The molecule has 2 aromatic carbocycles. The maximum atomic E-state index is 13.7. The van der Waals surface area contributed by atoms with Gasteiger partial charge in [-0.2, -0.15) is 0 Å². The number of thiazole rings is 1. The Morgan fingerprint density at radius 2 is 1.71 bits per heavy atom. The fraction of sp³-hybridized carbons (Fsp3) is 0.240. The third kappa shape index (κ3) is 3.99. The topological polar surface area (TPSA) is 88.4 Å². The van der Waals surface area contributed by atoms with Crippen LogP contribution in [-0.2, 0) is 9.53 Å². The molecule has 3 aromatic rings. The van der Waals surface area contributed by atoms with Crippen molar-refractivity contribution in [3.63, 3.8) is 0 Å². The summed E-state index contributed by atoms with van der Waals surface area (Å²) in [5, 5.41) is 0. The second-order valence-corrected chi connectivity index (χ2v) is 8.44. The molecule has 0 aliphatic carbocycles. The van der Waals surface area contributed by atoms with E-state index in [1.54, 1.807) is 45.4 Å². The number of hydrogen-bond donors (Lipinski definition) is 0. The molecular weight excluding hydrogens is 456 g/mol. The minimum absolute atomic E-state index is 0.275. The van der Waals surface area contributed by atoms with E-state index < -0.39 is 12.0 Å². The first-order valence-corrected chi connectivity index (χ1v) is 11.2. The highest BCUT2D eigenvalue weighted by Crippen LogP contribution is 2.36. The van der Waals surface area contributed by atoms with Crippen molar-refractivity contribution in [2.75, 3.05) is 28.4 Å². The number of allylic oxidation sites excluding steroid dienone is 1. The van der Waals surface area contributed by atoms with E-state index in [0.717, 1.165) is 5.56 Å². The Bertz CT molecular complexity index is 1470. The fourth-order valence-corrected chi connectivity index (χ4v) is 5.00. The van der Waals surface area contributed by atoms with E-state index in [0.29, 0.717) is 37.8 Å². The van der Waals surface area contributed by atoms with Crippen molar-refractivity contribution in [1.82, 2.24) is 4.57 Å². The van der Waals surface area contributed by atoms with Gasteiger partial charge in [-0.05, 0) is 36.8 Å². The van der Waals surface area contributed by atoms with Crippen molar-refractivity contribution in [3.05, 3.63) is 84.5 Å². The molecule has 0 spiro atoms. The summed E-state index contributed by atoms with van der Waals surface area (Å²) >= 11 is 1.25. The van der Waals surface area contributed by atoms with Gasteiger partial charge in [0.15, 0.2) is 16.3 Å². The van der Waals surface area contributed by atoms with Gasteiger partial charge in [-0.3, -0.25) is 9.36 Å².